The van der Waals surface area contributed by atoms with Gasteiger partial charge < -0.3 is 5.32 Å². The van der Waals surface area contributed by atoms with Gasteiger partial charge in [0.2, 0.25) is 5.91 Å². The number of carbonyl (C=O) groups is 1. The first-order valence-electron chi connectivity index (χ1n) is 7.89. The highest BCUT2D eigenvalue weighted by Gasteiger charge is 2.10. The number of amides is 1. The van der Waals surface area contributed by atoms with Crippen LogP contribution in [-0.2, 0) is 17.0 Å². The van der Waals surface area contributed by atoms with Crippen LogP contribution < -0.4 is 5.32 Å². The Labute approximate surface area is 151 Å². The van der Waals surface area contributed by atoms with Gasteiger partial charge in [0, 0.05) is 10.8 Å². The van der Waals surface area contributed by atoms with Crippen molar-refractivity contribution in [3.8, 4) is 0 Å². The third-order valence-corrected chi connectivity index (χ3v) is 4.99. The van der Waals surface area contributed by atoms with Crippen LogP contribution in [0.15, 0.2) is 42.5 Å². The zero-order valence-electron chi connectivity index (χ0n) is 13.8. The molecular weight excluding hydrogens is 345 g/mol. The molecule has 2 aromatic rings. The number of rotatable bonds is 7. The van der Waals surface area contributed by atoms with Gasteiger partial charge >= 0.3 is 0 Å². The molecule has 0 bridgehead atoms. The molecule has 24 heavy (non-hydrogen) atoms. The molecule has 0 aliphatic rings. The molecule has 0 fully saturated rings. The Hall–Kier alpha value is -1.52. The van der Waals surface area contributed by atoms with Gasteiger partial charge in [-0.1, -0.05) is 48.9 Å². The number of carbonyl (C=O) groups excluding carboxylic acids is 1. The standard InChI is InChI=1S/C19H21ClFNOS/c1-3-14-4-6-15(7-5-14)13(2)22-19(23)12-24-11-16-8-9-17(20)10-18(16)21/h4-10,13H,3,11-12H2,1-2H3,(H,22,23)/t13-/m1/s1. The second-order valence-electron chi connectivity index (χ2n) is 5.61. The van der Waals surface area contributed by atoms with Crippen LogP contribution in [0, 0.1) is 5.82 Å². The van der Waals surface area contributed by atoms with Crippen LogP contribution >= 0.6 is 23.4 Å². The molecule has 5 heteroatoms. The lowest BCUT2D eigenvalue weighted by atomic mass is 10.1. The average Bonchev–Trinajstić information content (AvgIpc) is 2.57. The number of hydrogen-bond donors (Lipinski definition) is 1. The maximum atomic E-state index is 13.7. The Bertz CT molecular complexity index is 690. The van der Waals surface area contributed by atoms with Gasteiger partial charge in [0.15, 0.2) is 0 Å². The lowest BCUT2D eigenvalue weighted by Crippen LogP contribution is -2.28. The summed E-state index contributed by atoms with van der Waals surface area (Å²) in [7, 11) is 0. The first-order valence-corrected chi connectivity index (χ1v) is 9.42. The third-order valence-electron chi connectivity index (χ3n) is 3.77. The Morgan fingerprint density at radius 2 is 1.96 bits per heavy atom. The van der Waals surface area contributed by atoms with Gasteiger partial charge in [0.1, 0.15) is 5.82 Å². The zero-order valence-corrected chi connectivity index (χ0v) is 15.4. The molecule has 0 radical (unpaired) electrons. The minimum Gasteiger partial charge on any atom is -0.349 e. The largest absolute Gasteiger partial charge is 0.349 e. The summed E-state index contributed by atoms with van der Waals surface area (Å²) < 4.78 is 13.7. The van der Waals surface area contributed by atoms with Crippen LogP contribution in [0.4, 0.5) is 4.39 Å². The van der Waals surface area contributed by atoms with E-state index in [0.717, 1.165) is 12.0 Å². The molecule has 1 N–H and O–H groups in total. The fourth-order valence-corrected chi connectivity index (χ4v) is 3.28. The summed E-state index contributed by atoms with van der Waals surface area (Å²) in [5, 5.41) is 3.35. The zero-order chi connectivity index (χ0) is 17.5. The highest BCUT2D eigenvalue weighted by atomic mass is 35.5. The maximum Gasteiger partial charge on any atom is 0.230 e. The van der Waals surface area contributed by atoms with Gasteiger partial charge in [-0.15, -0.1) is 11.8 Å². The van der Waals surface area contributed by atoms with Crippen molar-refractivity contribution in [3.05, 3.63) is 70.0 Å². The van der Waals surface area contributed by atoms with Gasteiger partial charge in [0.05, 0.1) is 11.8 Å². The maximum absolute atomic E-state index is 13.7. The molecule has 2 aromatic carbocycles. The number of nitrogens with one attached hydrogen (secondary N) is 1. The molecule has 0 aliphatic carbocycles. The number of hydrogen-bond acceptors (Lipinski definition) is 2. The van der Waals surface area contributed by atoms with E-state index in [9.17, 15) is 9.18 Å². The van der Waals surface area contributed by atoms with Crippen molar-refractivity contribution in [2.24, 2.45) is 0 Å². The smallest absolute Gasteiger partial charge is 0.230 e. The van der Waals surface area contributed by atoms with E-state index < -0.39 is 0 Å². The van der Waals surface area contributed by atoms with E-state index in [2.05, 4.69) is 24.4 Å². The SMILES string of the molecule is CCc1ccc([C@@H](C)NC(=O)CSCc2ccc(Cl)cc2F)cc1. The summed E-state index contributed by atoms with van der Waals surface area (Å²) >= 11 is 7.11. The Morgan fingerprint density at radius 3 is 2.58 bits per heavy atom. The van der Waals surface area contributed by atoms with Crippen molar-refractivity contribution < 1.29 is 9.18 Å². The topological polar surface area (TPSA) is 29.1 Å². The summed E-state index contributed by atoms with van der Waals surface area (Å²) in [5.41, 5.74) is 2.91. The molecule has 0 saturated carbocycles. The molecule has 0 aliphatic heterocycles. The summed E-state index contributed by atoms with van der Waals surface area (Å²) in [6.07, 6.45) is 0.999. The highest BCUT2D eigenvalue weighted by Crippen LogP contribution is 2.20. The molecule has 0 unspecified atom stereocenters. The molecule has 0 saturated heterocycles. The molecule has 0 heterocycles. The highest BCUT2D eigenvalue weighted by molar-refractivity contribution is 7.99. The predicted molar refractivity (Wildman–Crippen MR) is 99.9 cm³/mol. The molecule has 0 spiro atoms. The Balaban J connectivity index is 1.79. The van der Waals surface area contributed by atoms with Crippen molar-refractivity contribution >= 4 is 29.3 Å². The average molecular weight is 366 g/mol. The lowest BCUT2D eigenvalue weighted by molar-refractivity contribution is -0.119. The van der Waals surface area contributed by atoms with Gasteiger partial charge in [-0.2, -0.15) is 0 Å². The van der Waals surface area contributed by atoms with E-state index in [4.69, 9.17) is 11.6 Å². The van der Waals surface area contributed by atoms with Gasteiger partial charge in [0.25, 0.3) is 0 Å². The second kappa shape index (κ2) is 9.09. The monoisotopic (exact) mass is 365 g/mol. The van der Waals surface area contributed by atoms with Crippen LogP contribution in [-0.4, -0.2) is 11.7 Å². The number of halogens is 2. The predicted octanol–water partition coefficient (Wildman–Crippen LogP) is 5.15. The molecular formula is C19H21ClFNOS. The Kier molecular flexibility index (Phi) is 7.13. The van der Waals surface area contributed by atoms with Crippen molar-refractivity contribution in [2.45, 2.75) is 32.1 Å². The number of aryl methyl sites for hydroxylation is 1. The summed E-state index contributed by atoms with van der Waals surface area (Å²) in [6, 6.07) is 12.8. The van der Waals surface area contributed by atoms with Crippen LogP contribution in [0.5, 0.6) is 0 Å². The molecule has 1 atom stereocenters. The minimum absolute atomic E-state index is 0.0451. The van der Waals surface area contributed by atoms with E-state index in [1.165, 1.54) is 23.4 Å². The van der Waals surface area contributed by atoms with Gasteiger partial charge in [-0.25, -0.2) is 4.39 Å². The second-order valence-corrected chi connectivity index (χ2v) is 7.03. The fraction of sp³-hybridized carbons (Fsp3) is 0.316. The molecule has 2 nitrogen and oxygen atoms in total. The first kappa shape index (κ1) is 18.8. The van der Waals surface area contributed by atoms with Crippen molar-refractivity contribution in [1.29, 1.82) is 0 Å². The van der Waals surface area contributed by atoms with Crippen LogP contribution in [0.1, 0.15) is 36.6 Å². The van der Waals surface area contributed by atoms with Gasteiger partial charge in [-0.05, 0) is 42.2 Å². The first-order chi connectivity index (χ1) is 11.5. The lowest BCUT2D eigenvalue weighted by Gasteiger charge is -2.14. The number of thioether (sulfide) groups is 1. The molecule has 1 amide bonds. The van der Waals surface area contributed by atoms with Crippen molar-refractivity contribution in [1.82, 2.24) is 5.32 Å². The van der Waals surface area contributed by atoms with Crippen molar-refractivity contribution in [3.63, 3.8) is 0 Å². The van der Waals surface area contributed by atoms with Gasteiger partial charge in [-0.3, -0.25) is 4.79 Å². The normalized spacial score (nSPS) is 12.0. The summed E-state index contributed by atoms with van der Waals surface area (Å²) in [4.78, 5) is 12.0. The molecule has 2 rings (SSSR count). The van der Waals surface area contributed by atoms with E-state index in [-0.39, 0.29) is 17.8 Å². The van der Waals surface area contributed by atoms with Crippen molar-refractivity contribution in [2.75, 3.05) is 5.75 Å². The quantitative estimate of drug-likeness (QED) is 0.734. The third kappa shape index (κ3) is 5.53. The van der Waals surface area contributed by atoms with E-state index in [1.54, 1.807) is 12.1 Å². The molecule has 0 aromatic heterocycles. The van der Waals surface area contributed by atoms with E-state index in [0.29, 0.717) is 22.1 Å². The number of benzene rings is 2. The van der Waals surface area contributed by atoms with Crippen LogP contribution in [0.3, 0.4) is 0 Å². The Morgan fingerprint density at radius 1 is 1.25 bits per heavy atom. The van der Waals surface area contributed by atoms with Crippen LogP contribution in [0.2, 0.25) is 5.02 Å². The summed E-state index contributed by atoms with van der Waals surface area (Å²) in [5.74, 6) is 0.344. The molecule has 128 valence electrons. The fourth-order valence-electron chi connectivity index (χ4n) is 2.30. The van der Waals surface area contributed by atoms with E-state index in [1.807, 2.05) is 19.1 Å². The summed E-state index contributed by atoms with van der Waals surface area (Å²) in [6.45, 7) is 4.07. The minimum atomic E-state index is -0.334. The van der Waals surface area contributed by atoms with E-state index >= 15 is 0 Å². The van der Waals surface area contributed by atoms with Crippen LogP contribution in [0.25, 0.3) is 0 Å².